The molecule has 0 aliphatic heterocycles. The minimum Gasteiger partial charge on any atom is -0.508 e. The zero-order valence-electron chi connectivity index (χ0n) is 7.68. The van der Waals surface area contributed by atoms with Gasteiger partial charge in [0.05, 0.1) is 0 Å². The summed E-state index contributed by atoms with van der Waals surface area (Å²) in [5.41, 5.74) is 0.632. The highest BCUT2D eigenvalue weighted by Crippen LogP contribution is 2.15. The predicted molar refractivity (Wildman–Crippen MR) is 58.2 cm³/mol. The maximum atomic E-state index is 11.5. The minimum atomic E-state index is -0.240. The first kappa shape index (κ1) is 9.67. The smallest absolute Gasteiger partial charge is 0.284 e. The molecule has 0 fully saturated rings. The molecule has 1 aromatic carbocycles. The third kappa shape index (κ3) is 2.32. The quantitative estimate of drug-likeness (QED) is 0.762. The first-order valence-corrected chi connectivity index (χ1v) is 5.13. The van der Waals surface area contributed by atoms with Gasteiger partial charge in [0, 0.05) is 17.3 Å². The van der Waals surface area contributed by atoms with Gasteiger partial charge in [-0.1, -0.05) is 0 Å². The largest absolute Gasteiger partial charge is 0.508 e. The van der Waals surface area contributed by atoms with Gasteiger partial charge >= 0.3 is 0 Å². The van der Waals surface area contributed by atoms with Crippen LogP contribution in [-0.2, 0) is 0 Å². The summed E-state index contributed by atoms with van der Waals surface area (Å²) in [7, 11) is 0. The van der Waals surface area contributed by atoms with Gasteiger partial charge in [0.1, 0.15) is 5.75 Å². The number of thiazole rings is 1. The molecule has 1 amide bonds. The molecule has 0 aliphatic rings. The maximum Gasteiger partial charge on any atom is 0.284 e. The van der Waals surface area contributed by atoms with E-state index >= 15 is 0 Å². The SMILES string of the molecule is O=C(Nc1ccc(O)cc1)c1nccs1. The lowest BCUT2D eigenvalue weighted by Crippen LogP contribution is -2.11. The summed E-state index contributed by atoms with van der Waals surface area (Å²) < 4.78 is 0. The standard InChI is InChI=1S/C10H8N2O2S/c13-8-3-1-7(2-4-8)12-9(14)10-11-5-6-15-10/h1-6,13H,(H,12,14). The number of anilines is 1. The van der Waals surface area contributed by atoms with Gasteiger partial charge in [0.15, 0.2) is 5.01 Å². The molecule has 1 aromatic heterocycles. The Morgan fingerprint density at radius 3 is 2.67 bits per heavy atom. The van der Waals surface area contributed by atoms with Crippen LogP contribution in [0.2, 0.25) is 0 Å². The summed E-state index contributed by atoms with van der Waals surface area (Å²) in [4.78, 5) is 15.4. The Kier molecular flexibility index (Phi) is 2.64. The Morgan fingerprint density at radius 1 is 1.33 bits per heavy atom. The summed E-state index contributed by atoms with van der Waals surface area (Å²) in [5, 5.41) is 13.9. The zero-order chi connectivity index (χ0) is 10.7. The van der Waals surface area contributed by atoms with E-state index < -0.39 is 0 Å². The van der Waals surface area contributed by atoms with Crippen LogP contribution < -0.4 is 5.32 Å². The molecule has 0 saturated carbocycles. The fourth-order valence-corrected chi connectivity index (χ4v) is 1.60. The maximum absolute atomic E-state index is 11.5. The molecule has 2 aromatic rings. The first-order chi connectivity index (χ1) is 7.25. The first-order valence-electron chi connectivity index (χ1n) is 4.25. The van der Waals surface area contributed by atoms with Crippen molar-refractivity contribution >= 4 is 22.9 Å². The minimum absolute atomic E-state index is 0.169. The van der Waals surface area contributed by atoms with Crippen LogP contribution in [0.5, 0.6) is 5.75 Å². The van der Waals surface area contributed by atoms with Gasteiger partial charge in [-0.15, -0.1) is 11.3 Å². The number of phenolic OH excluding ortho intramolecular Hbond substituents is 1. The molecule has 76 valence electrons. The molecule has 1 heterocycles. The van der Waals surface area contributed by atoms with Crippen LogP contribution in [-0.4, -0.2) is 16.0 Å². The highest BCUT2D eigenvalue weighted by Gasteiger charge is 2.07. The van der Waals surface area contributed by atoms with E-state index in [0.717, 1.165) is 0 Å². The predicted octanol–water partition coefficient (Wildman–Crippen LogP) is 2.10. The van der Waals surface area contributed by atoms with Crippen LogP contribution in [0.3, 0.4) is 0 Å². The number of phenols is 1. The molecule has 0 spiro atoms. The number of aromatic hydroxyl groups is 1. The fourth-order valence-electron chi connectivity index (χ4n) is 1.06. The highest BCUT2D eigenvalue weighted by molar-refractivity contribution is 7.11. The average Bonchev–Trinajstić information content (AvgIpc) is 2.74. The molecule has 0 radical (unpaired) electrons. The number of carbonyl (C=O) groups is 1. The van der Waals surface area contributed by atoms with E-state index in [1.165, 1.54) is 23.5 Å². The van der Waals surface area contributed by atoms with Crippen molar-refractivity contribution in [2.45, 2.75) is 0 Å². The number of amides is 1. The van der Waals surface area contributed by atoms with E-state index in [0.29, 0.717) is 10.7 Å². The van der Waals surface area contributed by atoms with Crippen molar-refractivity contribution < 1.29 is 9.90 Å². The monoisotopic (exact) mass is 220 g/mol. The van der Waals surface area contributed by atoms with Crippen molar-refractivity contribution in [2.24, 2.45) is 0 Å². The van der Waals surface area contributed by atoms with Crippen LogP contribution in [0.15, 0.2) is 35.8 Å². The molecular formula is C10H8N2O2S. The Balaban J connectivity index is 2.09. The van der Waals surface area contributed by atoms with Crippen molar-refractivity contribution in [3.8, 4) is 5.75 Å². The molecule has 4 nitrogen and oxygen atoms in total. The zero-order valence-corrected chi connectivity index (χ0v) is 8.49. The van der Waals surface area contributed by atoms with E-state index in [4.69, 9.17) is 5.11 Å². The normalized spacial score (nSPS) is 9.87. The van der Waals surface area contributed by atoms with Crippen molar-refractivity contribution in [1.82, 2.24) is 4.98 Å². The molecule has 0 unspecified atom stereocenters. The van der Waals surface area contributed by atoms with E-state index in [9.17, 15) is 4.79 Å². The van der Waals surface area contributed by atoms with E-state index in [1.807, 2.05) is 0 Å². The van der Waals surface area contributed by atoms with Crippen molar-refractivity contribution in [3.63, 3.8) is 0 Å². The number of nitrogens with one attached hydrogen (secondary N) is 1. The summed E-state index contributed by atoms with van der Waals surface area (Å²) in [6.45, 7) is 0. The van der Waals surface area contributed by atoms with Crippen LogP contribution in [0.25, 0.3) is 0 Å². The molecule has 2 rings (SSSR count). The third-order valence-electron chi connectivity index (χ3n) is 1.75. The number of hydrogen-bond acceptors (Lipinski definition) is 4. The number of hydrogen-bond donors (Lipinski definition) is 2. The van der Waals surface area contributed by atoms with Gasteiger partial charge in [-0.25, -0.2) is 4.98 Å². The molecule has 15 heavy (non-hydrogen) atoms. The van der Waals surface area contributed by atoms with Crippen LogP contribution in [0.1, 0.15) is 9.80 Å². The summed E-state index contributed by atoms with van der Waals surface area (Å²) >= 11 is 1.28. The Hall–Kier alpha value is -1.88. The summed E-state index contributed by atoms with van der Waals surface area (Å²) in [5.74, 6) is -0.0714. The van der Waals surface area contributed by atoms with Crippen LogP contribution in [0, 0.1) is 0 Å². The number of benzene rings is 1. The molecular weight excluding hydrogens is 212 g/mol. The van der Waals surface area contributed by atoms with Gasteiger partial charge in [-0.05, 0) is 24.3 Å². The highest BCUT2D eigenvalue weighted by atomic mass is 32.1. The molecule has 5 heteroatoms. The van der Waals surface area contributed by atoms with Gasteiger partial charge in [-0.2, -0.15) is 0 Å². The average molecular weight is 220 g/mol. The Bertz CT molecular complexity index is 451. The van der Waals surface area contributed by atoms with E-state index in [-0.39, 0.29) is 11.7 Å². The van der Waals surface area contributed by atoms with Gasteiger partial charge in [-0.3, -0.25) is 4.79 Å². The Labute approximate surface area is 90.2 Å². The molecule has 0 aliphatic carbocycles. The van der Waals surface area contributed by atoms with Crippen molar-refractivity contribution in [3.05, 3.63) is 40.8 Å². The second-order valence-electron chi connectivity index (χ2n) is 2.84. The molecule has 0 bridgehead atoms. The lowest BCUT2D eigenvalue weighted by Gasteiger charge is -2.02. The Morgan fingerprint density at radius 2 is 2.07 bits per heavy atom. The van der Waals surface area contributed by atoms with Crippen LogP contribution in [0.4, 0.5) is 5.69 Å². The number of rotatable bonds is 2. The van der Waals surface area contributed by atoms with Crippen molar-refractivity contribution in [1.29, 1.82) is 0 Å². The second kappa shape index (κ2) is 4.10. The fraction of sp³-hybridized carbons (Fsp3) is 0. The van der Waals surface area contributed by atoms with Gasteiger partial charge in [0.25, 0.3) is 5.91 Å². The van der Waals surface area contributed by atoms with Crippen LogP contribution >= 0.6 is 11.3 Å². The topological polar surface area (TPSA) is 62.2 Å². The van der Waals surface area contributed by atoms with E-state index in [2.05, 4.69) is 10.3 Å². The summed E-state index contributed by atoms with van der Waals surface area (Å²) in [6, 6.07) is 6.27. The summed E-state index contributed by atoms with van der Waals surface area (Å²) in [6.07, 6.45) is 1.58. The molecule has 0 saturated heterocycles. The number of nitrogens with zero attached hydrogens (tertiary/aromatic N) is 1. The van der Waals surface area contributed by atoms with Gasteiger partial charge < -0.3 is 10.4 Å². The lowest BCUT2D eigenvalue weighted by atomic mass is 10.3. The number of aromatic nitrogens is 1. The third-order valence-corrected chi connectivity index (χ3v) is 2.52. The second-order valence-corrected chi connectivity index (χ2v) is 3.73. The molecule has 2 N–H and O–H groups in total. The number of carbonyl (C=O) groups excluding carboxylic acids is 1. The lowest BCUT2D eigenvalue weighted by molar-refractivity contribution is 0.102. The molecule has 0 atom stereocenters. The van der Waals surface area contributed by atoms with E-state index in [1.54, 1.807) is 23.7 Å². The van der Waals surface area contributed by atoms with Gasteiger partial charge in [0.2, 0.25) is 0 Å². The van der Waals surface area contributed by atoms with Crippen molar-refractivity contribution in [2.75, 3.05) is 5.32 Å².